The summed E-state index contributed by atoms with van der Waals surface area (Å²) in [5.74, 6) is 0. The normalized spacial score (nSPS) is 0. The Balaban J connectivity index is 0. The summed E-state index contributed by atoms with van der Waals surface area (Å²) in [6.45, 7) is 0. The van der Waals surface area contributed by atoms with Crippen LogP contribution in [0.2, 0.25) is 0 Å². The SMILES string of the molecule is F.F.F.I. The van der Waals surface area contributed by atoms with Gasteiger partial charge in [-0.15, -0.1) is 24.0 Å². The molecule has 0 aliphatic rings. The van der Waals surface area contributed by atoms with E-state index in [9.17, 15) is 0 Å². The molecular formula is H4F3I. The Bertz CT molecular complexity index is 3.25. The maximum atomic E-state index is 0. The van der Waals surface area contributed by atoms with Crippen LogP contribution in [0.1, 0.15) is 0 Å². The fourth-order valence-corrected chi connectivity index (χ4v) is 0. The van der Waals surface area contributed by atoms with Crippen LogP contribution < -0.4 is 0 Å². The van der Waals surface area contributed by atoms with E-state index in [1.165, 1.54) is 0 Å². The van der Waals surface area contributed by atoms with Gasteiger partial charge in [0.2, 0.25) is 0 Å². The van der Waals surface area contributed by atoms with Crippen LogP contribution in [0.4, 0.5) is 14.1 Å². The van der Waals surface area contributed by atoms with Gasteiger partial charge in [-0.2, -0.15) is 0 Å². The van der Waals surface area contributed by atoms with Gasteiger partial charge < -0.3 is 0 Å². The van der Waals surface area contributed by atoms with Gasteiger partial charge in [0, 0.05) is 0 Å². The summed E-state index contributed by atoms with van der Waals surface area (Å²) in [6.07, 6.45) is 0. The van der Waals surface area contributed by atoms with E-state index in [2.05, 4.69) is 0 Å². The van der Waals surface area contributed by atoms with E-state index in [0.717, 1.165) is 0 Å². The predicted octanol–water partition coefficient (Wildman–Crippen LogP) is 1.08. The molecule has 4 heavy (non-hydrogen) atoms. The molecule has 0 aromatic rings. The molecule has 0 aliphatic carbocycles. The van der Waals surface area contributed by atoms with Gasteiger partial charge >= 0.3 is 0 Å². The second-order valence-corrected chi connectivity index (χ2v) is 0. The summed E-state index contributed by atoms with van der Waals surface area (Å²) < 4.78 is 0. The van der Waals surface area contributed by atoms with Gasteiger partial charge in [-0.1, -0.05) is 0 Å². The van der Waals surface area contributed by atoms with Gasteiger partial charge in [0.15, 0.2) is 0 Å². The number of halogens is 4. The third-order valence-electron chi connectivity index (χ3n) is 0. The fourth-order valence-electron chi connectivity index (χ4n) is 0. The van der Waals surface area contributed by atoms with Crippen molar-refractivity contribution in [2.45, 2.75) is 0 Å². The summed E-state index contributed by atoms with van der Waals surface area (Å²) in [6, 6.07) is 0. The quantitative estimate of drug-likeness (QED) is 0.499. The maximum Gasteiger partial charge on any atom is -0.107 e. The van der Waals surface area contributed by atoms with E-state index in [-0.39, 0.29) is 38.1 Å². The molecule has 0 aromatic heterocycles. The standard InChI is InChI=1S/3FH.HI/h4*1H. The highest BCUT2D eigenvalue weighted by molar-refractivity contribution is 14.0. The summed E-state index contributed by atoms with van der Waals surface area (Å²) in [4.78, 5) is 0. The van der Waals surface area contributed by atoms with Crippen molar-refractivity contribution in [2.75, 3.05) is 0 Å². The lowest BCUT2D eigenvalue weighted by Crippen LogP contribution is 0.419. The average Bonchev–Trinajstić information content (AvgIpc) is 0. The Morgan fingerprint density at radius 3 is 0.500 bits per heavy atom. The first-order valence-corrected chi connectivity index (χ1v) is 0. The summed E-state index contributed by atoms with van der Waals surface area (Å²) in [5, 5.41) is 0. The molecule has 0 spiro atoms. The van der Waals surface area contributed by atoms with Crippen LogP contribution in [0.3, 0.4) is 0 Å². The van der Waals surface area contributed by atoms with Crippen molar-refractivity contribution in [3.8, 4) is 0 Å². The van der Waals surface area contributed by atoms with Crippen molar-refractivity contribution in [1.82, 2.24) is 0 Å². The zero-order chi connectivity index (χ0) is 0. The third-order valence-corrected chi connectivity index (χ3v) is 0. The van der Waals surface area contributed by atoms with Gasteiger partial charge in [0.05, 0.1) is 0 Å². The molecule has 0 unspecified atom stereocenters. The first-order valence-electron chi connectivity index (χ1n) is 0. The minimum atomic E-state index is 0. The van der Waals surface area contributed by atoms with Crippen LogP contribution >= 0.6 is 24.0 Å². The number of hydrogen-bond donors (Lipinski definition) is 0. The number of hydrogen-bond acceptors (Lipinski definition) is 0. The molecule has 0 radical (unpaired) electrons. The zero-order valence-electron chi connectivity index (χ0n) is 1.63. The first kappa shape index (κ1) is 207. The maximum absolute atomic E-state index is 0. The highest BCUT2D eigenvalue weighted by atomic mass is 127. The molecule has 0 atom stereocenters. The van der Waals surface area contributed by atoms with Gasteiger partial charge in [-0.25, -0.2) is 0 Å². The smallest absolute Gasteiger partial charge is 0.107 e. The predicted molar refractivity (Wildman–Crippen MR) is 22.9 cm³/mol. The van der Waals surface area contributed by atoms with Gasteiger partial charge in [0.1, 0.15) is 0 Å². The Hall–Kier alpha value is 0.520. The van der Waals surface area contributed by atoms with Crippen molar-refractivity contribution >= 4 is 24.0 Å². The van der Waals surface area contributed by atoms with E-state index in [1.54, 1.807) is 0 Å². The fraction of sp³-hybridized carbons (Fsp3) is 0. The Morgan fingerprint density at radius 2 is 0.500 bits per heavy atom. The zero-order valence-corrected chi connectivity index (χ0v) is 3.96. The highest BCUT2D eigenvalue weighted by Crippen LogP contribution is 0.886. The van der Waals surface area contributed by atoms with Crippen LogP contribution in [-0.2, 0) is 0 Å². The summed E-state index contributed by atoms with van der Waals surface area (Å²) in [7, 11) is 0. The van der Waals surface area contributed by atoms with Gasteiger partial charge in [-0.05, 0) is 0 Å². The lowest BCUT2D eigenvalue weighted by atomic mass is 19.0. The molecule has 0 aliphatic heterocycles. The minimum Gasteiger partial charge on any atom is -0.269 e. The Kier molecular flexibility index (Phi) is 4280. The van der Waals surface area contributed by atoms with Crippen LogP contribution in [0, 0.1) is 0 Å². The van der Waals surface area contributed by atoms with Gasteiger partial charge in [0.25, 0.3) is 0 Å². The molecular weight excluding hydrogens is 184 g/mol. The van der Waals surface area contributed by atoms with E-state index < -0.39 is 0 Å². The van der Waals surface area contributed by atoms with Crippen LogP contribution in [-0.4, -0.2) is 0 Å². The van der Waals surface area contributed by atoms with Crippen molar-refractivity contribution in [1.29, 1.82) is 0 Å². The van der Waals surface area contributed by atoms with E-state index in [4.69, 9.17) is 0 Å². The molecule has 0 fully saturated rings. The van der Waals surface area contributed by atoms with E-state index in [1.807, 2.05) is 0 Å². The van der Waals surface area contributed by atoms with E-state index in [0.29, 0.717) is 0 Å². The van der Waals surface area contributed by atoms with Crippen molar-refractivity contribution in [3.05, 3.63) is 0 Å². The molecule has 0 N–H and O–H groups in total. The lowest BCUT2D eigenvalue weighted by molar-refractivity contribution is 1.11. The topological polar surface area (TPSA) is 0 Å². The summed E-state index contributed by atoms with van der Waals surface area (Å²) in [5.41, 5.74) is 0. The lowest BCUT2D eigenvalue weighted by Gasteiger charge is -0.270. The molecule has 4 heteroatoms. The molecule has 0 nitrogen and oxygen atoms in total. The van der Waals surface area contributed by atoms with Crippen molar-refractivity contribution in [2.24, 2.45) is 0 Å². The second-order valence-electron chi connectivity index (χ2n) is 0. The number of rotatable bonds is 0. The van der Waals surface area contributed by atoms with E-state index >= 15 is 0 Å². The third kappa shape index (κ3) is 21.5. The van der Waals surface area contributed by atoms with Gasteiger partial charge in [-0.3, -0.25) is 14.1 Å². The molecule has 0 saturated heterocycles. The van der Waals surface area contributed by atoms with Crippen LogP contribution in [0.25, 0.3) is 0 Å². The molecule has 32 valence electrons. The van der Waals surface area contributed by atoms with Crippen molar-refractivity contribution < 1.29 is 14.1 Å². The molecule has 0 aromatic carbocycles. The van der Waals surface area contributed by atoms with Crippen LogP contribution in [0.5, 0.6) is 0 Å². The highest BCUT2D eigenvalue weighted by Gasteiger charge is -0.107. The molecule has 0 heterocycles. The Morgan fingerprint density at radius 1 is 0.500 bits per heavy atom. The second kappa shape index (κ2) is 82.7. The Labute approximate surface area is 38.7 Å². The molecule has 0 rings (SSSR count). The largest absolute Gasteiger partial charge is 0.269 e. The first-order chi connectivity index (χ1) is 0. The van der Waals surface area contributed by atoms with Crippen molar-refractivity contribution in [3.63, 3.8) is 0 Å². The molecule has 0 bridgehead atoms. The average molecular weight is 188 g/mol. The summed E-state index contributed by atoms with van der Waals surface area (Å²) >= 11 is 0. The minimum absolute atomic E-state index is 0. The molecule has 0 saturated carbocycles. The molecule has 0 amide bonds. The van der Waals surface area contributed by atoms with Crippen LogP contribution in [0.15, 0.2) is 0 Å². The monoisotopic (exact) mass is 188 g/mol.